The molecular weight excluding hydrogens is 248 g/mol. The van der Waals surface area contributed by atoms with Crippen LogP contribution in [0.1, 0.15) is 32.1 Å². The minimum atomic E-state index is -3.05. The Labute approximate surface area is 104 Å². The van der Waals surface area contributed by atoms with Crippen molar-refractivity contribution in [3.8, 4) is 0 Å². The highest BCUT2D eigenvalue weighted by Gasteiger charge is 2.33. The molecule has 2 unspecified atom stereocenters. The Morgan fingerprint density at radius 3 is 2.44 bits per heavy atom. The summed E-state index contributed by atoms with van der Waals surface area (Å²) in [6.45, 7) is 0.594. The minimum absolute atomic E-state index is 0. The minimum Gasteiger partial charge on any atom is -0.330 e. The zero-order chi connectivity index (χ0) is 10.9. The first-order valence-electron chi connectivity index (χ1n) is 5.81. The molecule has 0 radical (unpaired) electrons. The molecule has 0 heterocycles. The van der Waals surface area contributed by atoms with E-state index in [1.807, 2.05) is 0 Å². The number of sulfonamides is 1. The van der Waals surface area contributed by atoms with Crippen molar-refractivity contribution in [2.24, 2.45) is 17.6 Å². The molecule has 2 aliphatic rings. The number of nitrogens with one attached hydrogen (secondary N) is 1. The molecule has 3 N–H and O–H groups in total. The summed E-state index contributed by atoms with van der Waals surface area (Å²) >= 11 is 0. The lowest BCUT2D eigenvalue weighted by atomic mass is 10.1. The van der Waals surface area contributed by atoms with Gasteiger partial charge in [0.15, 0.2) is 0 Å². The molecule has 2 atom stereocenters. The molecule has 0 spiro atoms. The Kier molecular flexibility index (Phi) is 5.04. The van der Waals surface area contributed by atoms with E-state index < -0.39 is 10.0 Å². The van der Waals surface area contributed by atoms with Crippen LogP contribution in [0.5, 0.6) is 0 Å². The molecule has 96 valence electrons. The standard InChI is InChI=1S/C10H20N2O2S.ClH/c11-6-9-2-1-3-10(9)12-15(13,14)7-8-4-5-8;/h8-10,12H,1-7,11H2;1H. The largest absolute Gasteiger partial charge is 0.330 e. The Bertz CT molecular complexity index is 317. The summed E-state index contributed by atoms with van der Waals surface area (Å²) in [5.41, 5.74) is 5.62. The van der Waals surface area contributed by atoms with Crippen LogP contribution in [-0.2, 0) is 10.0 Å². The molecule has 6 heteroatoms. The van der Waals surface area contributed by atoms with Crippen LogP contribution in [0.2, 0.25) is 0 Å². The van der Waals surface area contributed by atoms with Gasteiger partial charge in [0.05, 0.1) is 5.75 Å². The predicted octanol–water partition coefficient (Wildman–Crippen LogP) is 0.865. The van der Waals surface area contributed by atoms with E-state index in [1.165, 1.54) is 0 Å². The van der Waals surface area contributed by atoms with Crippen LogP contribution in [0.15, 0.2) is 0 Å². The van der Waals surface area contributed by atoms with E-state index in [-0.39, 0.29) is 18.4 Å². The molecule has 4 nitrogen and oxygen atoms in total. The number of rotatable bonds is 5. The average Bonchev–Trinajstić information content (AvgIpc) is 2.82. The third kappa shape index (κ3) is 3.87. The topological polar surface area (TPSA) is 72.2 Å². The molecule has 0 aromatic heterocycles. The molecule has 0 aliphatic heterocycles. The monoisotopic (exact) mass is 268 g/mol. The maximum atomic E-state index is 11.7. The second kappa shape index (κ2) is 5.67. The van der Waals surface area contributed by atoms with E-state index in [0.717, 1.165) is 32.1 Å². The second-order valence-electron chi connectivity index (χ2n) is 4.88. The molecule has 0 bridgehead atoms. The van der Waals surface area contributed by atoms with Crippen LogP contribution < -0.4 is 10.5 Å². The van der Waals surface area contributed by atoms with Crippen molar-refractivity contribution in [1.82, 2.24) is 4.72 Å². The summed E-state index contributed by atoms with van der Waals surface area (Å²) in [6.07, 6.45) is 5.26. The van der Waals surface area contributed by atoms with Gasteiger partial charge >= 0.3 is 0 Å². The highest BCUT2D eigenvalue weighted by atomic mass is 35.5. The van der Waals surface area contributed by atoms with Gasteiger partial charge in [0.1, 0.15) is 0 Å². The Morgan fingerprint density at radius 2 is 1.88 bits per heavy atom. The molecule has 0 aromatic rings. The van der Waals surface area contributed by atoms with Crippen molar-refractivity contribution >= 4 is 22.4 Å². The summed E-state index contributed by atoms with van der Waals surface area (Å²) in [4.78, 5) is 0. The van der Waals surface area contributed by atoms with Gasteiger partial charge in [0.25, 0.3) is 0 Å². The smallest absolute Gasteiger partial charge is 0.212 e. The quantitative estimate of drug-likeness (QED) is 0.777. The molecule has 0 saturated heterocycles. The van der Waals surface area contributed by atoms with Gasteiger partial charge in [-0.15, -0.1) is 12.4 Å². The van der Waals surface area contributed by atoms with Crippen molar-refractivity contribution in [3.05, 3.63) is 0 Å². The average molecular weight is 269 g/mol. The van der Waals surface area contributed by atoms with E-state index in [1.54, 1.807) is 0 Å². The van der Waals surface area contributed by atoms with Crippen LogP contribution in [-0.4, -0.2) is 26.8 Å². The summed E-state index contributed by atoms with van der Waals surface area (Å²) in [5, 5.41) is 0. The van der Waals surface area contributed by atoms with Gasteiger partial charge in [0.2, 0.25) is 10.0 Å². The van der Waals surface area contributed by atoms with Gasteiger partial charge in [-0.05, 0) is 44.1 Å². The highest BCUT2D eigenvalue weighted by Crippen LogP contribution is 2.31. The van der Waals surface area contributed by atoms with Crippen LogP contribution in [0, 0.1) is 11.8 Å². The summed E-state index contributed by atoms with van der Waals surface area (Å²) in [6, 6.07) is 0.0961. The zero-order valence-corrected chi connectivity index (χ0v) is 11.0. The summed E-state index contributed by atoms with van der Waals surface area (Å²) < 4.78 is 26.3. The first kappa shape index (κ1) is 14.2. The fourth-order valence-corrected chi connectivity index (χ4v) is 4.17. The number of nitrogens with two attached hydrogens (primary N) is 1. The van der Waals surface area contributed by atoms with Crippen molar-refractivity contribution in [2.75, 3.05) is 12.3 Å². The normalized spacial score (nSPS) is 30.1. The van der Waals surface area contributed by atoms with Gasteiger partial charge in [0, 0.05) is 6.04 Å². The zero-order valence-electron chi connectivity index (χ0n) is 9.39. The third-order valence-corrected chi connectivity index (χ3v) is 5.02. The first-order chi connectivity index (χ1) is 7.11. The van der Waals surface area contributed by atoms with E-state index in [4.69, 9.17) is 5.73 Å². The van der Waals surface area contributed by atoms with Crippen molar-refractivity contribution in [1.29, 1.82) is 0 Å². The van der Waals surface area contributed by atoms with Gasteiger partial charge < -0.3 is 5.73 Å². The van der Waals surface area contributed by atoms with E-state index in [2.05, 4.69) is 4.72 Å². The molecule has 2 rings (SSSR count). The van der Waals surface area contributed by atoms with Crippen LogP contribution in [0.25, 0.3) is 0 Å². The molecule has 0 amide bonds. The summed E-state index contributed by atoms with van der Waals surface area (Å²) in [5.74, 6) is 1.08. The van der Waals surface area contributed by atoms with Crippen molar-refractivity contribution in [2.45, 2.75) is 38.1 Å². The van der Waals surface area contributed by atoms with Gasteiger partial charge in [-0.2, -0.15) is 0 Å². The number of hydrogen-bond donors (Lipinski definition) is 2. The molecular formula is C10H21ClN2O2S. The maximum Gasteiger partial charge on any atom is 0.212 e. The third-order valence-electron chi connectivity index (χ3n) is 3.44. The molecule has 2 saturated carbocycles. The lowest BCUT2D eigenvalue weighted by molar-refractivity contribution is 0.452. The molecule has 0 aromatic carbocycles. The fraction of sp³-hybridized carbons (Fsp3) is 1.00. The van der Waals surface area contributed by atoms with Crippen LogP contribution >= 0.6 is 12.4 Å². The van der Waals surface area contributed by atoms with E-state index >= 15 is 0 Å². The predicted molar refractivity (Wildman–Crippen MR) is 67.1 cm³/mol. The van der Waals surface area contributed by atoms with Crippen LogP contribution in [0.4, 0.5) is 0 Å². The second-order valence-corrected chi connectivity index (χ2v) is 6.67. The van der Waals surface area contributed by atoms with Gasteiger partial charge in [-0.1, -0.05) is 6.42 Å². The number of hydrogen-bond acceptors (Lipinski definition) is 3. The summed E-state index contributed by atoms with van der Waals surface area (Å²) in [7, 11) is -3.05. The van der Waals surface area contributed by atoms with Gasteiger partial charge in [-0.3, -0.25) is 0 Å². The van der Waals surface area contributed by atoms with Crippen molar-refractivity contribution < 1.29 is 8.42 Å². The SMILES string of the molecule is Cl.NCC1CCCC1NS(=O)(=O)CC1CC1. The highest BCUT2D eigenvalue weighted by molar-refractivity contribution is 7.89. The Hall–Kier alpha value is 0.160. The fourth-order valence-electron chi connectivity index (χ4n) is 2.35. The Morgan fingerprint density at radius 1 is 1.19 bits per heavy atom. The van der Waals surface area contributed by atoms with Crippen molar-refractivity contribution in [3.63, 3.8) is 0 Å². The molecule has 16 heavy (non-hydrogen) atoms. The lowest BCUT2D eigenvalue weighted by Gasteiger charge is -2.19. The number of halogens is 1. The maximum absolute atomic E-state index is 11.7. The molecule has 2 aliphatic carbocycles. The van der Waals surface area contributed by atoms with Gasteiger partial charge in [-0.25, -0.2) is 13.1 Å². The van der Waals surface area contributed by atoms with Crippen LogP contribution in [0.3, 0.4) is 0 Å². The van der Waals surface area contributed by atoms with E-state index in [0.29, 0.717) is 24.1 Å². The van der Waals surface area contributed by atoms with E-state index in [9.17, 15) is 8.42 Å². The first-order valence-corrected chi connectivity index (χ1v) is 7.46. The Balaban J connectivity index is 0.00000128. The molecule has 2 fully saturated rings. The lowest BCUT2D eigenvalue weighted by Crippen LogP contribution is -2.41.